The van der Waals surface area contributed by atoms with Crippen molar-refractivity contribution in [3.05, 3.63) is 57.3 Å². The number of hydrogen-bond donors (Lipinski definition) is 3. The molecule has 0 aromatic heterocycles. The van der Waals surface area contributed by atoms with E-state index in [0.29, 0.717) is 32.2 Å². The Morgan fingerprint density at radius 3 is 2.52 bits per heavy atom. The van der Waals surface area contributed by atoms with Crippen LogP contribution >= 0.6 is 0 Å². The third kappa shape index (κ3) is 11.3. The predicted molar refractivity (Wildman–Crippen MR) is 225 cm³/mol. The first-order valence-corrected chi connectivity index (χ1v) is 24.6. The van der Waals surface area contributed by atoms with Crippen LogP contribution < -0.4 is 21.2 Å². The molecule has 6 aliphatic heterocycles. The van der Waals surface area contributed by atoms with Gasteiger partial charge in [-0.1, -0.05) is 26.8 Å². The summed E-state index contributed by atoms with van der Waals surface area (Å²) in [5, 5.41) is 33.0. The van der Waals surface area contributed by atoms with E-state index < -0.39 is 91.8 Å². The van der Waals surface area contributed by atoms with Crippen molar-refractivity contribution in [2.24, 2.45) is 23.7 Å². The van der Waals surface area contributed by atoms with E-state index in [-0.39, 0.29) is 61.8 Å². The average Bonchev–Trinajstić information content (AvgIpc) is 3.58. The number of rotatable bonds is 16. The van der Waals surface area contributed by atoms with Crippen LogP contribution in [0, 0.1) is 23.7 Å². The number of aliphatic hydroxyl groups excluding tert-OH is 2. The van der Waals surface area contributed by atoms with Crippen LogP contribution in [-0.2, 0) is 52.2 Å². The molecule has 0 aromatic rings. The zero-order chi connectivity index (χ0) is 44.9. The Morgan fingerprint density at radius 1 is 1.03 bits per heavy atom. The molecule has 0 radical (unpaired) electrons. The fraction of sp³-hybridized carbons (Fsp3) is 0.766. The molecule has 14 nitrogen and oxygen atoms in total. The van der Waals surface area contributed by atoms with Gasteiger partial charge in [-0.15, -0.1) is 0 Å². The van der Waals surface area contributed by atoms with Crippen LogP contribution in [0.15, 0.2) is 57.3 Å². The monoisotopic (exact) mass is 987 g/mol. The Hall–Kier alpha value is -1.58. The van der Waals surface area contributed by atoms with Crippen molar-refractivity contribution in [1.29, 1.82) is 0 Å². The van der Waals surface area contributed by atoms with E-state index >= 15 is 0 Å². The summed E-state index contributed by atoms with van der Waals surface area (Å²) in [6.45, 7) is 17.5. The van der Waals surface area contributed by atoms with Crippen molar-refractivity contribution in [3.63, 3.8) is 0 Å². The molecule has 3 unspecified atom stereocenters. The maximum absolute atomic E-state index is 11.7. The number of allylic oxidation sites excluding steroid dienone is 2. The van der Waals surface area contributed by atoms with Crippen molar-refractivity contribution < 1.29 is 88.7 Å². The summed E-state index contributed by atoms with van der Waals surface area (Å²) < 4.78 is 63.4. The molecule has 0 saturated carbocycles. The Labute approximate surface area is 378 Å². The van der Waals surface area contributed by atoms with Crippen molar-refractivity contribution in [2.45, 2.75) is 170 Å². The SMILES string of the molecule is CO[C@H]1C[C@H](O[C@H]2[C@@H](C)OCC(O[C@@H](/C(C)=C/C[C@@H]3C[C@H](COC=O)C[C@]4(C=C[C@H](C)[C@@H](C(C)C)O4)O3)[C@@H](C)/C=C/C=C3\COC4[C@H](O)C(C)=C[I-]C34O)[C@@H]2OC)O[C@@H](C)[C@@H]1O. The quantitative estimate of drug-likeness (QED) is 0.0888. The van der Waals surface area contributed by atoms with E-state index in [1.165, 1.54) is 0 Å². The summed E-state index contributed by atoms with van der Waals surface area (Å²) in [6.07, 6.45) is 8.02. The first kappa shape index (κ1) is 49.8. The smallest absolute Gasteiger partial charge is 0.388 e. The van der Waals surface area contributed by atoms with Crippen LogP contribution in [0.4, 0.5) is 0 Å². The number of halogens is 1. The number of carbonyl (C=O) groups is 1. The van der Waals surface area contributed by atoms with Gasteiger partial charge in [-0.05, 0) is 25.8 Å². The third-order valence-corrected chi connectivity index (χ3v) is 16.9. The van der Waals surface area contributed by atoms with E-state index in [1.807, 2.05) is 36.2 Å². The molecule has 15 heteroatoms. The predicted octanol–water partition coefficient (Wildman–Crippen LogP) is 1.89. The van der Waals surface area contributed by atoms with Crippen LogP contribution in [-0.4, -0.2) is 145 Å². The van der Waals surface area contributed by atoms with Gasteiger partial charge in [0.25, 0.3) is 6.47 Å². The summed E-state index contributed by atoms with van der Waals surface area (Å²) in [6, 6.07) is 0. The molecule has 62 heavy (non-hydrogen) atoms. The van der Waals surface area contributed by atoms with Crippen LogP contribution in [0.5, 0.6) is 0 Å². The van der Waals surface area contributed by atoms with Crippen LogP contribution in [0.25, 0.3) is 0 Å². The summed E-state index contributed by atoms with van der Waals surface area (Å²) in [5.74, 6) is -0.518. The first-order chi connectivity index (χ1) is 29.5. The fourth-order valence-electron chi connectivity index (χ4n) is 9.76. The van der Waals surface area contributed by atoms with Gasteiger partial charge in [-0.3, -0.25) is 4.79 Å². The maximum atomic E-state index is 11.7. The van der Waals surface area contributed by atoms with Gasteiger partial charge in [0, 0.05) is 31.8 Å². The van der Waals surface area contributed by atoms with Crippen molar-refractivity contribution in [3.8, 4) is 0 Å². The van der Waals surface area contributed by atoms with Gasteiger partial charge >= 0.3 is 217 Å². The Kier molecular flexibility index (Phi) is 17.5. The molecule has 1 spiro atoms. The molecule has 18 atom stereocenters. The van der Waals surface area contributed by atoms with Crippen LogP contribution in [0.1, 0.15) is 81.1 Å². The summed E-state index contributed by atoms with van der Waals surface area (Å²) in [5.41, 5.74) is 2.58. The number of carbonyl (C=O) groups excluding carboxylic acids is 1. The van der Waals surface area contributed by atoms with Crippen molar-refractivity contribution >= 4 is 6.47 Å². The van der Waals surface area contributed by atoms with Crippen LogP contribution in [0.2, 0.25) is 0 Å². The van der Waals surface area contributed by atoms with E-state index in [0.717, 1.165) is 16.7 Å². The second kappa shape index (κ2) is 21.8. The number of ether oxygens (including phenoxy) is 10. The molecule has 4 fully saturated rings. The zero-order valence-corrected chi connectivity index (χ0v) is 40.3. The Morgan fingerprint density at radius 2 is 1.81 bits per heavy atom. The molecular formula is C47H72IO14-. The van der Waals surface area contributed by atoms with Gasteiger partial charge in [0.2, 0.25) is 0 Å². The topological polar surface area (TPSA) is 170 Å². The second-order valence-corrected chi connectivity index (χ2v) is 21.4. The van der Waals surface area contributed by atoms with E-state index in [1.54, 1.807) is 21.1 Å². The van der Waals surface area contributed by atoms with E-state index in [4.69, 9.17) is 47.4 Å². The second-order valence-electron chi connectivity index (χ2n) is 18.5. The van der Waals surface area contributed by atoms with Gasteiger partial charge < -0.3 is 24.1 Å². The molecule has 4 saturated heterocycles. The standard InChI is InChI=1S/C47H72IO14/c1-26(2)41-29(5)16-17-46(62-41)20-33(22-55-25-49)18-35(61-46)15-14-28(4)42(27(3)12-11-13-34-23-57-45-39(50)30(6)21-48-47(34,45)52)59-37-24-56-32(8)43(44(37)54-10)60-38-19-36(53-9)40(51)31(7)58-38/h11-14,16-17,21,25-27,29,31-33,35-45,50-52H,15,18-20,22-24H2,1-10H3/q-1/b12-11+,28-14+,34-13+/t27-,29-,31-,32+,33-,35+,36-,37?,38-,39+,40-,41+,42+,43-,44-,45?,46+,47?/m0/s1. The van der Waals surface area contributed by atoms with Crippen LogP contribution in [0.3, 0.4) is 0 Å². The number of aliphatic hydroxyl groups is 3. The zero-order valence-electron chi connectivity index (χ0n) is 38.1. The molecule has 3 N–H and O–H groups in total. The van der Waals surface area contributed by atoms with Crippen molar-refractivity contribution in [1.82, 2.24) is 0 Å². The average molecular weight is 988 g/mol. The van der Waals surface area contributed by atoms with E-state index in [9.17, 15) is 20.1 Å². The minimum atomic E-state index is -1.18. The van der Waals surface area contributed by atoms with Gasteiger partial charge in [-0.2, -0.15) is 0 Å². The minimum absolute atomic E-state index is 0.0138. The molecular weight excluding hydrogens is 915 g/mol. The van der Waals surface area contributed by atoms with Gasteiger partial charge in [0.05, 0.1) is 24.9 Å². The summed E-state index contributed by atoms with van der Waals surface area (Å²) in [7, 11) is 3.22. The normalized spacial score (nSPS) is 43.4. The molecule has 0 aliphatic carbocycles. The molecule has 6 heterocycles. The Bertz CT molecular complexity index is 1650. The first-order valence-electron chi connectivity index (χ1n) is 22.3. The Balaban J connectivity index is 1.25. The number of fused-ring (bicyclic) bond motifs is 1. The number of methoxy groups -OCH3 is 2. The van der Waals surface area contributed by atoms with Crippen molar-refractivity contribution in [2.75, 3.05) is 34.0 Å². The number of alkyl halides is 1. The molecule has 0 aromatic carbocycles. The van der Waals surface area contributed by atoms with E-state index in [2.05, 4.69) is 52.8 Å². The summed E-state index contributed by atoms with van der Waals surface area (Å²) in [4.78, 5) is 11.3. The molecule has 0 amide bonds. The third-order valence-electron chi connectivity index (χ3n) is 13.4. The summed E-state index contributed by atoms with van der Waals surface area (Å²) >= 11 is -0.802. The molecule has 6 rings (SSSR count). The molecule has 6 aliphatic rings. The fourth-order valence-corrected chi connectivity index (χ4v) is 12.7. The minimum Gasteiger partial charge on any atom is -0.388 e. The molecule has 352 valence electrons. The molecule has 0 bridgehead atoms. The van der Waals surface area contributed by atoms with Gasteiger partial charge in [-0.25, -0.2) is 0 Å². The van der Waals surface area contributed by atoms with Gasteiger partial charge in [0.15, 0.2) is 12.1 Å². The van der Waals surface area contributed by atoms with Gasteiger partial charge in [0.1, 0.15) is 6.10 Å². The number of hydrogen-bond acceptors (Lipinski definition) is 14.